The Bertz CT molecular complexity index is 746. The van der Waals surface area contributed by atoms with E-state index in [4.69, 9.17) is 12.2 Å². The molecule has 2 N–H and O–H groups in total. The number of imidazole rings is 1. The SMILES string of the molecule is Cc1ccnc2c1[nH]c(=S)n2CCCNS(C)(=O)=O. The van der Waals surface area contributed by atoms with Crippen LogP contribution in [0.3, 0.4) is 0 Å². The number of sulfonamides is 1. The van der Waals surface area contributed by atoms with Gasteiger partial charge in [0.1, 0.15) is 0 Å². The first-order valence-corrected chi connectivity index (χ1v) is 8.17. The van der Waals surface area contributed by atoms with Crippen molar-refractivity contribution in [2.24, 2.45) is 0 Å². The number of pyridine rings is 1. The minimum atomic E-state index is -3.13. The fraction of sp³-hybridized carbons (Fsp3) is 0.455. The van der Waals surface area contributed by atoms with Crippen LogP contribution in [0.15, 0.2) is 12.3 Å². The first-order valence-electron chi connectivity index (χ1n) is 5.87. The molecule has 2 aromatic rings. The molecule has 0 unspecified atom stereocenters. The number of H-pyrrole nitrogens is 1. The molecule has 0 radical (unpaired) electrons. The van der Waals surface area contributed by atoms with Gasteiger partial charge in [0.2, 0.25) is 10.0 Å². The fourth-order valence-corrected chi connectivity index (χ4v) is 2.67. The van der Waals surface area contributed by atoms with Crippen LogP contribution in [0.25, 0.3) is 11.2 Å². The second-order valence-electron chi connectivity index (χ2n) is 4.43. The normalized spacial score (nSPS) is 12.1. The third kappa shape index (κ3) is 3.40. The summed E-state index contributed by atoms with van der Waals surface area (Å²) in [5, 5.41) is 0. The van der Waals surface area contributed by atoms with Gasteiger partial charge in [0, 0.05) is 19.3 Å². The molecule has 19 heavy (non-hydrogen) atoms. The summed E-state index contributed by atoms with van der Waals surface area (Å²) in [6.07, 6.45) is 3.55. The van der Waals surface area contributed by atoms with E-state index in [1.807, 2.05) is 17.6 Å². The Morgan fingerprint density at radius 2 is 2.26 bits per heavy atom. The molecule has 8 heteroatoms. The minimum absolute atomic E-state index is 0.388. The minimum Gasteiger partial charge on any atom is -0.329 e. The molecule has 0 aliphatic rings. The van der Waals surface area contributed by atoms with E-state index in [9.17, 15) is 8.42 Å². The van der Waals surface area contributed by atoms with Crippen molar-refractivity contribution in [3.8, 4) is 0 Å². The van der Waals surface area contributed by atoms with Crippen LogP contribution in [0.4, 0.5) is 0 Å². The van der Waals surface area contributed by atoms with Crippen molar-refractivity contribution in [1.29, 1.82) is 0 Å². The van der Waals surface area contributed by atoms with E-state index < -0.39 is 10.0 Å². The molecule has 0 atom stereocenters. The highest BCUT2D eigenvalue weighted by atomic mass is 32.2. The lowest BCUT2D eigenvalue weighted by atomic mass is 10.3. The van der Waals surface area contributed by atoms with Gasteiger partial charge < -0.3 is 9.55 Å². The van der Waals surface area contributed by atoms with Gasteiger partial charge in [-0.15, -0.1) is 0 Å². The van der Waals surface area contributed by atoms with Crippen LogP contribution in [0.2, 0.25) is 0 Å². The molecular weight excluding hydrogens is 284 g/mol. The van der Waals surface area contributed by atoms with Crippen molar-refractivity contribution in [3.63, 3.8) is 0 Å². The molecule has 6 nitrogen and oxygen atoms in total. The van der Waals surface area contributed by atoms with Crippen LogP contribution in [-0.4, -0.2) is 35.8 Å². The Kier molecular flexibility index (Phi) is 4.02. The first-order chi connectivity index (χ1) is 8.88. The number of nitrogens with zero attached hydrogens (tertiary/aromatic N) is 2. The van der Waals surface area contributed by atoms with Crippen LogP contribution in [0.5, 0.6) is 0 Å². The molecule has 0 aliphatic carbocycles. The van der Waals surface area contributed by atoms with Gasteiger partial charge in [-0.3, -0.25) is 0 Å². The summed E-state index contributed by atoms with van der Waals surface area (Å²) in [7, 11) is -3.13. The number of fused-ring (bicyclic) bond motifs is 1. The van der Waals surface area contributed by atoms with E-state index >= 15 is 0 Å². The van der Waals surface area contributed by atoms with Crippen LogP contribution < -0.4 is 4.72 Å². The van der Waals surface area contributed by atoms with E-state index in [0.29, 0.717) is 24.3 Å². The van der Waals surface area contributed by atoms with Crippen molar-refractivity contribution in [2.75, 3.05) is 12.8 Å². The second kappa shape index (κ2) is 5.40. The second-order valence-corrected chi connectivity index (χ2v) is 6.65. The number of nitrogens with one attached hydrogen (secondary N) is 2. The number of rotatable bonds is 5. The Labute approximate surface area is 116 Å². The van der Waals surface area contributed by atoms with Gasteiger partial charge in [-0.1, -0.05) is 0 Å². The Morgan fingerprint density at radius 3 is 2.95 bits per heavy atom. The maximum Gasteiger partial charge on any atom is 0.208 e. The Balaban J connectivity index is 2.15. The average Bonchev–Trinajstić information content (AvgIpc) is 2.62. The topological polar surface area (TPSA) is 79.8 Å². The van der Waals surface area contributed by atoms with Gasteiger partial charge in [-0.2, -0.15) is 0 Å². The molecular formula is C11H16N4O2S2. The summed E-state index contributed by atoms with van der Waals surface area (Å²) in [6.45, 7) is 3.00. The molecule has 0 saturated heterocycles. The lowest BCUT2D eigenvalue weighted by Crippen LogP contribution is -2.23. The van der Waals surface area contributed by atoms with Gasteiger partial charge in [-0.25, -0.2) is 18.1 Å². The molecule has 0 spiro atoms. The molecule has 0 fully saturated rings. The van der Waals surface area contributed by atoms with Crippen molar-refractivity contribution >= 4 is 33.4 Å². The molecule has 0 aromatic carbocycles. The van der Waals surface area contributed by atoms with Gasteiger partial charge in [0.25, 0.3) is 0 Å². The van der Waals surface area contributed by atoms with Crippen LogP contribution in [-0.2, 0) is 16.6 Å². The number of aromatic nitrogens is 3. The summed E-state index contributed by atoms with van der Waals surface area (Å²) in [6, 6.07) is 1.92. The lowest BCUT2D eigenvalue weighted by molar-refractivity contribution is 0.576. The van der Waals surface area contributed by atoms with Crippen molar-refractivity contribution in [2.45, 2.75) is 19.9 Å². The third-order valence-corrected chi connectivity index (χ3v) is 3.85. The predicted molar refractivity (Wildman–Crippen MR) is 77.1 cm³/mol. The van der Waals surface area contributed by atoms with Crippen molar-refractivity contribution in [3.05, 3.63) is 22.6 Å². The summed E-state index contributed by atoms with van der Waals surface area (Å²) < 4.78 is 26.9. The molecule has 2 rings (SSSR count). The number of aryl methyl sites for hydroxylation is 2. The van der Waals surface area contributed by atoms with E-state index in [0.717, 1.165) is 23.0 Å². The summed E-state index contributed by atoms with van der Waals surface area (Å²) >= 11 is 5.26. The van der Waals surface area contributed by atoms with Gasteiger partial charge in [0.15, 0.2) is 10.4 Å². The van der Waals surface area contributed by atoms with E-state index in [-0.39, 0.29) is 0 Å². The highest BCUT2D eigenvalue weighted by molar-refractivity contribution is 7.88. The van der Waals surface area contributed by atoms with Crippen molar-refractivity contribution in [1.82, 2.24) is 19.3 Å². The largest absolute Gasteiger partial charge is 0.329 e. The van der Waals surface area contributed by atoms with E-state index in [1.165, 1.54) is 0 Å². The number of hydrogen-bond acceptors (Lipinski definition) is 4. The smallest absolute Gasteiger partial charge is 0.208 e. The summed E-state index contributed by atoms with van der Waals surface area (Å²) in [5.41, 5.74) is 2.83. The average molecular weight is 300 g/mol. The van der Waals surface area contributed by atoms with Crippen LogP contribution >= 0.6 is 12.2 Å². The Morgan fingerprint density at radius 1 is 1.53 bits per heavy atom. The standard InChI is InChI=1S/C11H16N4O2S2/c1-8-4-6-12-10-9(8)14-11(18)15(10)7-3-5-13-19(2,16)17/h4,6,13H,3,5,7H2,1-2H3,(H,14,18). The van der Waals surface area contributed by atoms with Crippen LogP contribution in [0.1, 0.15) is 12.0 Å². The molecule has 0 amide bonds. The monoisotopic (exact) mass is 300 g/mol. The summed E-state index contributed by atoms with van der Waals surface area (Å²) in [4.78, 5) is 7.45. The van der Waals surface area contributed by atoms with Gasteiger partial charge in [-0.05, 0) is 37.2 Å². The Hall–Kier alpha value is -1.25. The maximum absolute atomic E-state index is 11.0. The molecule has 2 aromatic heterocycles. The lowest BCUT2D eigenvalue weighted by Gasteiger charge is -2.04. The molecule has 0 saturated carbocycles. The quantitative estimate of drug-likeness (QED) is 0.645. The highest BCUT2D eigenvalue weighted by Crippen LogP contribution is 2.15. The first kappa shape index (κ1) is 14.2. The fourth-order valence-electron chi connectivity index (χ4n) is 1.88. The number of aromatic amines is 1. The third-order valence-electron chi connectivity index (χ3n) is 2.79. The number of hydrogen-bond donors (Lipinski definition) is 2. The van der Waals surface area contributed by atoms with Crippen LogP contribution in [0, 0.1) is 11.7 Å². The molecule has 2 heterocycles. The molecule has 0 bridgehead atoms. The zero-order valence-corrected chi connectivity index (χ0v) is 12.4. The van der Waals surface area contributed by atoms with E-state index in [2.05, 4.69) is 14.7 Å². The summed E-state index contributed by atoms with van der Waals surface area (Å²) in [5.74, 6) is 0. The zero-order valence-electron chi connectivity index (χ0n) is 10.8. The van der Waals surface area contributed by atoms with E-state index in [1.54, 1.807) is 6.20 Å². The maximum atomic E-state index is 11.0. The zero-order chi connectivity index (χ0) is 14.0. The predicted octanol–water partition coefficient (Wildman–Crippen LogP) is 1.34. The molecule has 104 valence electrons. The van der Waals surface area contributed by atoms with Gasteiger partial charge >= 0.3 is 0 Å². The molecule has 0 aliphatic heterocycles. The van der Waals surface area contributed by atoms with Gasteiger partial charge in [0.05, 0.1) is 11.8 Å². The highest BCUT2D eigenvalue weighted by Gasteiger charge is 2.07. The van der Waals surface area contributed by atoms with Crippen molar-refractivity contribution < 1.29 is 8.42 Å².